The van der Waals surface area contributed by atoms with E-state index in [4.69, 9.17) is 12.2 Å². The number of nitrogens with zero attached hydrogens (tertiary/aromatic N) is 4. The summed E-state index contributed by atoms with van der Waals surface area (Å²) in [6.07, 6.45) is -4.50. The van der Waals surface area contributed by atoms with E-state index in [1.54, 1.807) is 6.07 Å². The van der Waals surface area contributed by atoms with Crippen LogP contribution in [0.2, 0.25) is 0 Å². The molecule has 0 radical (unpaired) electrons. The number of nitro benzene ring substituents is 1. The van der Waals surface area contributed by atoms with Gasteiger partial charge in [-0.3, -0.25) is 15.0 Å². The van der Waals surface area contributed by atoms with Gasteiger partial charge in [0.2, 0.25) is 5.13 Å². The van der Waals surface area contributed by atoms with Crippen LogP contribution >= 0.6 is 23.6 Å². The number of aromatic nitrogens is 2. The Kier molecular flexibility index (Phi) is 7.03. The van der Waals surface area contributed by atoms with E-state index in [1.807, 2.05) is 31.2 Å². The van der Waals surface area contributed by atoms with Crippen LogP contribution in [0, 0.1) is 21.0 Å². The molecule has 2 aromatic carbocycles. The first kappa shape index (κ1) is 22.8. The minimum absolute atomic E-state index is 0.177. The predicted molar refractivity (Wildman–Crippen MR) is 115 cm³/mol. The molecule has 1 heterocycles. The highest BCUT2D eigenvalue weighted by Crippen LogP contribution is 2.25. The van der Waals surface area contributed by atoms with Gasteiger partial charge in [-0.2, -0.15) is 13.2 Å². The fourth-order valence-corrected chi connectivity index (χ4v) is 3.97. The Balaban J connectivity index is 1.83. The first-order chi connectivity index (χ1) is 14.6. The Morgan fingerprint density at radius 2 is 2.00 bits per heavy atom. The molecule has 1 N–H and O–H groups in total. The molecule has 3 rings (SSSR count). The molecule has 0 bridgehead atoms. The van der Waals surface area contributed by atoms with Crippen LogP contribution in [-0.4, -0.2) is 32.3 Å². The first-order valence-electron chi connectivity index (χ1n) is 9.04. The second-order valence-corrected chi connectivity index (χ2v) is 8.42. The third kappa shape index (κ3) is 6.57. The maximum Gasteiger partial charge on any atom is 0.401 e. The van der Waals surface area contributed by atoms with Gasteiger partial charge in [-0.1, -0.05) is 41.7 Å². The number of hydrogen-bond donors (Lipinski definition) is 1. The number of para-hydroxylation sites is 1. The molecule has 0 spiro atoms. The van der Waals surface area contributed by atoms with Gasteiger partial charge in [0, 0.05) is 23.9 Å². The molecule has 0 unspecified atom stereocenters. The van der Waals surface area contributed by atoms with Crippen LogP contribution < -0.4 is 5.32 Å². The molecule has 31 heavy (non-hydrogen) atoms. The van der Waals surface area contributed by atoms with Crippen molar-refractivity contribution in [3.05, 3.63) is 73.7 Å². The lowest BCUT2D eigenvalue weighted by Crippen LogP contribution is -2.35. The van der Waals surface area contributed by atoms with Crippen molar-refractivity contribution in [2.75, 3.05) is 11.9 Å². The summed E-state index contributed by atoms with van der Waals surface area (Å²) in [4.78, 5) is 11.6. The molecule has 0 saturated heterocycles. The van der Waals surface area contributed by atoms with Crippen molar-refractivity contribution in [1.29, 1.82) is 0 Å². The fraction of sp³-hybridized carbons (Fsp3) is 0.263. The summed E-state index contributed by atoms with van der Waals surface area (Å²) in [5.41, 5.74) is 1.76. The number of benzene rings is 2. The Morgan fingerprint density at radius 3 is 2.68 bits per heavy atom. The van der Waals surface area contributed by atoms with E-state index in [-0.39, 0.29) is 28.4 Å². The highest BCUT2D eigenvalue weighted by molar-refractivity contribution is 7.73. The van der Waals surface area contributed by atoms with Gasteiger partial charge in [-0.15, -0.1) is 5.10 Å². The van der Waals surface area contributed by atoms with Gasteiger partial charge in [-0.05, 0) is 36.8 Å². The van der Waals surface area contributed by atoms with E-state index >= 15 is 0 Å². The molecule has 7 nitrogen and oxygen atoms in total. The smallest absolute Gasteiger partial charge is 0.330 e. The van der Waals surface area contributed by atoms with Crippen LogP contribution in [0.25, 0.3) is 0 Å². The Morgan fingerprint density at radius 1 is 1.26 bits per heavy atom. The average Bonchev–Trinajstić information content (AvgIpc) is 2.99. The zero-order chi connectivity index (χ0) is 22.6. The van der Waals surface area contributed by atoms with E-state index in [1.165, 1.54) is 22.9 Å². The SMILES string of the molecule is Cc1cccc(Nc2nn(CN(Cc3ccccc3[N+](=O)[O-])CC(F)(F)F)c(=S)s2)c1. The predicted octanol–water partition coefficient (Wildman–Crippen LogP) is 5.66. The summed E-state index contributed by atoms with van der Waals surface area (Å²) in [7, 11) is 0. The summed E-state index contributed by atoms with van der Waals surface area (Å²) in [5.74, 6) is 0. The Bertz CT molecular complexity index is 1130. The molecule has 0 saturated carbocycles. The minimum atomic E-state index is -4.50. The average molecular weight is 470 g/mol. The highest BCUT2D eigenvalue weighted by Gasteiger charge is 2.32. The van der Waals surface area contributed by atoms with Crippen molar-refractivity contribution < 1.29 is 18.1 Å². The zero-order valence-electron chi connectivity index (χ0n) is 16.3. The van der Waals surface area contributed by atoms with Crippen LogP contribution in [0.5, 0.6) is 0 Å². The van der Waals surface area contributed by atoms with Crippen LogP contribution in [0.15, 0.2) is 48.5 Å². The summed E-state index contributed by atoms with van der Waals surface area (Å²) >= 11 is 6.40. The van der Waals surface area contributed by atoms with E-state index in [9.17, 15) is 23.3 Å². The molecule has 0 aliphatic rings. The van der Waals surface area contributed by atoms with Gasteiger partial charge in [0.25, 0.3) is 5.69 Å². The lowest BCUT2D eigenvalue weighted by Gasteiger charge is -2.23. The van der Waals surface area contributed by atoms with E-state index < -0.39 is 17.6 Å². The second-order valence-electron chi connectivity index (χ2n) is 6.80. The van der Waals surface area contributed by atoms with Crippen molar-refractivity contribution in [2.24, 2.45) is 0 Å². The number of rotatable bonds is 8. The van der Waals surface area contributed by atoms with Gasteiger partial charge in [0.1, 0.15) is 0 Å². The zero-order valence-corrected chi connectivity index (χ0v) is 17.9. The van der Waals surface area contributed by atoms with Gasteiger partial charge in [-0.25, -0.2) is 4.68 Å². The number of hydrogen-bond acceptors (Lipinski definition) is 7. The second kappa shape index (κ2) is 9.54. The summed E-state index contributed by atoms with van der Waals surface area (Å²) < 4.78 is 41.0. The van der Waals surface area contributed by atoms with Crippen LogP contribution in [0.4, 0.5) is 29.7 Å². The number of anilines is 2. The van der Waals surface area contributed by atoms with Crippen molar-refractivity contribution in [3.63, 3.8) is 0 Å². The molecule has 1 aromatic heterocycles. The number of nitro groups is 1. The third-order valence-electron chi connectivity index (χ3n) is 4.19. The Hall–Kier alpha value is -2.83. The van der Waals surface area contributed by atoms with Gasteiger partial charge < -0.3 is 5.32 Å². The third-order valence-corrected chi connectivity index (χ3v) is 5.42. The summed E-state index contributed by atoms with van der Waals surface area (Å²) in [6.45, 7) is 0.121. The molecule has 12 heteroatoms. The molecule has 164 valence electrons. The highest BCUT2D eigenvalue weighted by atomic mass is 32.1. The number of aryl methyl sites for hydroxylation is 1. The molecule has 3 aromatic rings. The lowest BCUT2D eigenvalue weighted by molar-refractivity contribution is -0.385. The molecule has 0 amide bonds. The monoisotopic (exact) mass is 469 g/mol. The number of halogens is 3. The van der Waals surface area contributed by atoms with Crippen molar-refractivity contribution >= 4 is 40.1 Å². The quantitative estimate of drug-likeness (QED) is 0.261. The van der Waals surface area contributed by atoms with Gasteiger partial charge >= 0.3 is 6.18 Å². The summed E-state index contributed by atoms with van der Waals surface area (Å²) in [6, 6.07) is 13.3. The van der Waals surface area contributed by atoms with Crippen molar-refractivity contribution in [1.82, 2.24) is 14.7 Å². The number of alkyl halides is 3. The minimum Gasteiger partial charge on any atom is -0.330 e. The van der Waals surface area contributed by atoms with Gasteiger partial charge in [0.15, 0.2) is 3.95 Å². The van der Waals surface area contributed by atoms with Crippen LogP contribution in [0.3, 0.4) is 0 Å². The molecule has 0 aliphatic carbocycles. The molecular formula is C19H18F3N5O2S2. The molecule has 0 fully saturated rings. The van der Waals surface area contributed by atoms with E-state index in [0.717, 1.165) is 27.5 Å². The fourth-order valence-electron chi connectivity index (χ4n) is 2.95. The van der Waals surface area contributed by atoms with Crippen molar-refractivity contribution in [3.8, 4) is 0 Å². The lowest BCUT2D eigenvalue weighted by atomic mass is 10.1. The number of nitrogens with one attached hydrogen (secondary N) is 1. The Labute approximate surface area is 184 Å². The topological polar surface area (TPSA) is 76.2 Å². The standard InChI is InChI=1S/C19H18F3N5O2S2/c1-13-5-4-7-15(9-13)23-17-24-26(18(30)31-17)12-25(11-19(20,21)22)10-14-6-2-3-8-16(14)27(28)29/h2-9H,10-12H2,1H3,(H,23,24). The first-order valence-corrected chi connectivity index (χ1v) is 10.3. The molecule has 0 aliphatic heterocycles. The van der Waals surface area contributed by atoms with E-state index in [0.29, 0.717) is 5.13 Å². The molecular weight excluding hydrogens is 451 g/mol. The largest absolute Gasteiger partial charge is 0.401 e. The maximum absolute atomic E-state index is 13.2. The van der Waals surface area contributed by atoms with E-state index in [2.05, 4.69) is 10.4 Å². The van der Waals surface area contributed by atoms with Crippen LogP contribution in [0.1, 0.15) is 11.1 Å². The van der Waals surface area contributed by atoms with Gasteiger partial charge in [0.05, 0.1) is 18.1 Å². The molecule has 0 atom stereocenters. The maximum atomic E-state index is 13.2. The van der Waals surface area contributed by atoms with Crippen LogP contribution in [-0.2, 0) is 13.2 Å². The normalized spacial score (nSPS) is 11.6. The summed E-state index contributed by atoms with van der Waals surface area (Å²) in [5, 5.41) is 19.0. The van der Waals surface area contributed by atoms with Crippen molar-refractivity contribution in [2.45, 2.75) is 26.3 Å².